The molecule has 0 radical (unpaired) electrons. The molecule has 0 unspecified atom stereocenters. The van der Waals surface area contributed by atoms with Gasteiger partial charge in [-0.25, -0.2) is 4.98 Å². The second kappa shape index (κ2) is 9.91. The number of amides is 1. The Kier molecular flexibility index (Phi) is 6.26. The normalized spacial score (nSPS) is 19.9. The Morgan fingerprint density at radius 2 is 1.79 bits per heavy atom. The van der Waals surface area contributed by atoms with Crippen molar-refractivity contribution in [3.05, 3.63) is 64.7 Å². The van der Waals surface area contributed by atoms with Gasteiger partial charge in [0.25, 0.3) is 5.91 Å². The number of nitrogens with zero attached hydrogens (tertiary/aromatic N) is 4. The van der Waals surface area contributed by atoms with E-state index in [1.54, 1.807) is 11.3 Å². The van der Waals surface area contributed by atoms with Crippen LogP contribution < -0.4 is 9.80 Å². The molecule has 0 bridgehead atoms. The number of ketones is 1. The van der Waals surface area contributed by atoms with Gasteiger partial charge in [-0.15, -0.1) is 11.3 Å². The van der Waals surface area contributed by atoms with Crippen LogP contribution in [0, 0.1) is 5.92 Å². The highest BCUT2D eigenvalue weighted by Crippen LogP contribution is 2.43. The molecule has 0 spiro atoms. The Morgan fingerprint density at radius 3 is 2.55 bits per heavy atom. The summed E-state index contributed by atoms with van der Waals surface area (Å²) in [4.78, 5) is 40.2. The zero-order valence-electron chi connectivity index (χ0n) is 21.5. The summed E-state index contributed by atoms with van der Waals surface area (Å²) >= 11 is 1.59. The standard InChI is InChI=1S/C30H32N4O3S/c35-26(16-20-8-9-20)27-17-21-10-11-34(25-6-2-1-4-23(25)29(21)38-27)30(36)24-5-3-7-28(31-24)33-14-12-32(13-15-33)22-18-37-19-22/h1-7,17,20,22H,8-16,18-19H2. The number of Topliss-reactive ketones (excluding diaryl/α,β-unsaturated/α-hetero) is 1. The van der Waals surface area contributed by atoms with E-state index in [4.69, 9.17) is 9.72 Å². The molecule has 1 saturated carbocycles. The lowest BCUT2D eigenvalue weighted by atomic mass is 10.1. The van der Waals surface area contributed by atoms with E-state index in [9.17, 15) is 9.59 Å². The third kappa shape index (κ3) is 4.55. The predicted octanol–water partition coefficient (Wildman–Crippen LogP) is 4.52. The second-order valence-electron chi connectivity index (χ2n) is 10.9. The van der Waals surface area contributed by atoms with E-state index in [1.165, 1.54) is 12.8 Å². The molecule has 3 aliphatic heterocycles. The average molecular weight is 529 g/mol. The monoisotopic (exact) mass is 528 g/mol. The van der Waals surface area contributed by atoms with Gasteiger partial charge in [0.2, 0.25) is 0 Å². The van der Waals surface area contributed by atoms with Gasteiger partial charge >= 0.3 is 0 Å². The van der Waals surface area contributed by atoms with Crippen molar-refractivity contribution in [3.8, 4) is 10.4 Å². The maximum absolute atomic E-state index is 13.9. The van der Waals surface area contributed by atoms with Crippen LogP contribution in [-0.2, 0) is 11.2 Å². The first-order valence-corrected chi connectivity index (χ1v) is 14.6. The van der Waals surface area contributed by atoms with Gasteiger partial charge in [0.15, 0.2) is 5.78 Å². The Morgan fingerprint density at radius 1 is 0.974 bits per heavy atom. The molecule has 196 valence electrons. The fourth-order valence-electron chi connectivity index (χ4n) is 5.74. The summed E-state index contributed by atoms with van der Waals surface area (Å²) in [6, 6.07) is 16.5. The molecule has 2 aromatic heterocycles. The lowest BCUT2D eigenvalue weighted by molar-refractivity contribution is -0.0661. The molecular weight excluding hydrogens is 496 g/mol. The number of anilines is 2. The average Bonchev–Trinajstić information content (AvgIpc) is 3.66. The molecule has 0 N–H and O–H groups in total. The van der Waals surface area contributed by atoms with E-state index < -0.39 is 0 Å². The molecule has 4 aliphatic rings. The van der Waals surface area contributed by atoms with E-state index in [2.05, 4.69) is 21.9 Å². The highest BCUT2D eigenvalue weighted by atomic mass is 32.1. The van der Waals surface area contributed by atoms with Gasteiger partial charge in [-0.05, 0) is 55.0 Å². The number of aromatic nitrogens is 1. The SMILES string of the molecule is O=C(CC1CC1)c1cc2c(s1)-c1ccccc1N(C(=O)c1cccc(N3CCN(C4COC4)CC3)n1)CC2. The lowest BCUT2D eigenvalue weighted by Gasteiger charge is -2.42. The van der Waals surface area contributed by atoms with Crippen molar-refractivity contribution >= 4 is 34.5 Å². The van der Waals surface area contributed by atoms with Crippen LogP contribution >= 0.6 is 11.3 Å². The minimum absolute atomic E-state index is 0.0789. The van der Waals surface area contributed by atoms with E-state index >= 15 is 0 Å². The maximum atomic E-state index is 13.9. The largest absolute Gasteiger partial charge is 0.378 e. The van der Waals surface area contributed by atoms with Gasteiger partial charge in [-0.1, -0.05) is 24.3 Å². The second-order valence-corrected chi connectivity index (χ2v) is 11.9. The number of carbonyl (C=O) groups excluding carboxylic acids is 2. The summed E-state index contributed by atoms with van der Waals surface area (Å²) in [5.41, 5.74) is 3.55. The minimum Gasteiger partial charge on any atom is -0.378 e. The number of benzene rings is 1. The summed E-state index contributed by atoms with van der Waals surface area (Å²) < 4.78 is 5.36. The molecule has 8 heteroatoms. The van der Waals surface area contributed by atoms with Crippen molar-refractivity contribution in [2.45, 2.75) is 31.7 Å². The molecule has 2 saturated heterocycles. The molecule has 0 atom stereocenters. The number of hydrogen-bond donors (Lipinski definition) is 0. The van der Waals surface area contributed by atoms with Crippen LogP contribution in [0.25, 0.3) is 10.4 Å². The summed E-state index contributed by atoms with van der Waals surface area (Å²) in [6.07, 6.45) is 3.74. The Labute approximate surface area is 227 Å². The molecule has 38 heavy (non-hydrogen) atoms. The summed E-state index contributed by atoms with van der Waals surface area (Å²) in [6.45, 7) is 6.01. The summed E-state index contributed by atoms with van der Waals surface area (Å²) in [5, 5.41) is 0. The van der Waals surface area contributed by atoms with Crippen LogP contribution in [0.5, 0.6) is 0 Å². The molecule has 3 aromatic rings. The number of fused-ring (bicyclic) bond motifs is 3. The topological polar surface area (TPSA) is 66.0 Å². The lowest BCUT2D eigenvalue weighted by Crippen LogP contribution is -2.56. The van der Waals surface area contributed by atoms with Crippen LogP contribution in [0.3, 0.4) is 0 Å². The zero-order valence-corrected chi connectivity index (χ0v) is 22.3. The minimum atomic E-state index is -0.0789. The van der Waals surface area contributed by atoms with Crippen molar-refractivity contribution in [2.75, 3.05) is 55.7 Å². The first-order chi connectivity index (χ1) is 18.6. The van der Waals surface area contributed by atoms with Crippen LogP contribution in [0.15, 0.2) is 48.5 Å². The van der Waals surface area contributed by atoms with Crippen molar-refractivity contribution < 1.29 is 14.3 Å². The van der Waals surface area contributed by atoms with Crippen LogP contribution in [0.4, 0.5) is 11.5 Å². The first-order valence-electron chi connectivity index (χ1n) is 13.7. The van der Waals surface area contributed by atoms with E-state index in [0.29, 0.717) is 30.6 Å². The van der Waals surface area contributed by atoms with E-state index in [0.717, 1.165) is 78.2 Å². The number of thiophene rings is 1. The van der Waals surface area contributed by atoms with Gasteiger partial charge < -0.3 is 14.5 Å². The zero-order chi connectivity index (χ0) is 25.6. The number of rotatable bonds is 6. The van der Waals surface area contributed by atoms with Gasteiger partial charge in [0.1, 0.15) is 11.5 Å². The predicted molar refractivity (Wildman–Crippen MR) is 149 cm³/mol. The Bertz CT molecular complexity index is 1370. The number of ether oxygens (including phenoxy) is 1. The van der Waals surface area contributed by atoms with Gasteiger partial charge in [-0.2, -0.15) is 0 Å². The quantitative estimate of drug-likeness (QED) is 0.439. The van der Waals surface area contributed by atoms with Gasteiger partial charge in [0.05, 0.1) is 29.8 Å². The number of carbonyl (C=O) groups is 2. The number of hydrogen-bond acceptors (Lipinski definition) is 7. The first kappa shape index (κ1) is 24.0. The van der Waals surface area contributed by atoms with Crippen molar-refractivity contribution in [2.24, 2.45) is 5.92 Å². The highest BCUT2D eigenvalue weighted by molar-refractivity contribution is 7.17. The van der Waals surface area contributed by atoms with Crippen molar-refractivity contribution in [1.29, 1.82) is 0 Å². The van der Waals surface area contributed by atoms with Crippen LogP contribution in [-0.4, -0.2) is 73.6 Å². The molecule has 7 nitrogen and oxygen atoms in total. The maximum Gasteiger partial charge on any atom is 0.276 e. The van der Waals surface area contributed by atoms with Crippen LogP contribution in [0.2, 0.25) is 0 Å². The third-order valence-corrected chi connectivity index (χ3v) is 9.52. The molecular formula is C30H32N4O3S. The van der Waals surface area contributed by atoms with E-state index in [-0.39, 0.29) is 11.7 Å². The Hall–Kier alpha value is -3.07. The van der Waals surface area contributed by atoms with Gasteiger partial charge in [0, 0.05) is 49.6 Å². The molecule has 7 rings (SSSR count). The fraction of sp³-hybridized carbons (Fsp3) is 0.433. The number of para-hydroxylation sites is 1. The smallest absolute Gasteiger partial charge is 0.276 e. The van der Waals surface area contributed by atoms with Crippen LogP contribution in [0.1, 0.15) is 45.0 Å². The molecule has 1 aromatic carbocycles. The molecule has 1 aliphatic carbocycles. The Balaban J connectivity index is 1.12. The third-order valence-electron chi connectivity index (χ3n) is 8.27. The summed E-state index contributed by atoms with van der Waals surface area (Å²) in [5.74, 6) is 1.62. The molecule has 3 fully saturated rings. The fourth-order valence-corrected chi connectivity index (χ4v) is 6.93. The molecule has 1 amide bonds. The van der Waals surface area contributed by atoms with Crippen molar-refractivity contribution in [3.63, 3.8) is 0 Å². The molecule has 5 heterocycles. The number of pyridine rings is 1. The highest BCUT2D eigenvalue weighted by Gasteiger charge is 2.31. The van der Waals surface area contributed by atoms with Gasteiger partial charge in [-0.3, -0.25) is 14.5 Å². The van der Waals surface area contributed by atoms with E-state index in [1.807, 2.05) is 41.3 Å². The summed E-state index contributed by atoms with van der Waals surface area (Å²) in [7, 11) is 0. The number of piperazine rings is 1. The van der Waals surface area contributed by atoms with Crippen molar-refractivity contribution in [1.82, 2.24) is 9.88 Å².